The number of ether oxygens (including phenoxy) is 1. The molecule has 1 aromatic rings. The van der Waals surface area contributed by atoms with E-state index in [4.69, 9.17) is 4.74 Å². The van der Waals surface area contributed by atoms with E-state index in [0.29, 0.717) is 49.4 Å². The fraction of sp³-hybridized carbons (Fsp3) is 0.737. The molecule has 29 heavy (non-hydrogen) atoms. The molecule has 0 radical (unpaired) electrons. The second kappa shape index (κ2) is 9.59. The van der Waals surface area contributed by atoms with Crippen LogP contribution in [0, 0.1) is 11.3 Å². The molecule has 160 valence electrons. The number of hydrogen-bond donors (Lipinski definition) is 3. The Labute approximate surface area is 167 Å². The Morgan fingerprint density at radius 3 is 2.55 bits per heavy atom. The van der Waals surface area contributed by atoms with Gasteiger partial charge in [-0.1, -0.05) is 0 Å². The van der Waals surface area contributed by atoms with Crippen molar-refractivity contribution in [2.45, 2.75) is 81.8 Å². The average molecular weight is 413 g/mol. The largest absolute Gasteiger partial charge is 0.411 e. The molecule has 0 aromatic carbocycles. The minimum atomic E-state index is -4.30. The van der Waals surface area contributed by atoms with Crippen LogP contribution in [0.25, 0.3) is 0 Å². The predicted octanol–water partition coefficient (Wildman–Crippen LogP) is 3.37. The van der Waals surface area contributed by atoms with Gasteiger partial charge in [-0.25, -0.2) is 4.98 Å². The third kappa shape index (κ3) is 6.72. The van der Waals surface area contributed by atoms with Crippen molar-refractivity contribution in [3.63, 3.8) is 0 Å². The Morgan fingerprint density at radius 2 is 1.90 bits per heavy atom. The third-order valence-corrected chi connectivity index (χ3v) is 5.39. The van der Waals surface area contributed by atoms with Crippen molar-refractivity contribution in [3.05, 3.63) is 11.8 Å². The topological polar surface area (TPSA) is 103 Å². The van der Waals surface area contributed by atoms with Crippen LogP contribution in [0.2, 0.25) is 0 Å². The molecular weight excluding hydrogens is 387 g/mol. The van der Waals surface area contributed by atoms with E-state index in [0.717, 1.165) is 19.3 Å². The van der Waals surface area contributed by atoms with Crippen LogP contribution in [0.1, 0.15) is 56.9 Å². The molecule has 2 fully saturated rings. The van der Waals surface area contributed by atoms with Crippen molar-refractivity contribution in [1.82, 2.24) is 9.97 Å². The van der Waals surface area contributed by atoms with Crippen molar-refractivity contribution in [2.24, 2.45) is 0 Å². The minimum absolute atomic E-state index is 0.0398. The number of nitrogens with one attached hydrogen (secondary N) is 2. The van der Waals surface area contributed by atoms with Gasteiger partial charge in [-0.3, -0.25) is 0 Å². The molecule has 1 heterocycles. The maximum atomic E-state index is 12.3. The van der Waals surface area contributed by atoms with Crippen molar-refractivity contribution in [3.8, 4) is 6.07 Å². The second-order valence-corrected chi connectivity index (χ2v) is 7.77. The summed E-state index contributed by atoms with van der Waals surface area (Å²) in [4.78, 5) is 8.61. The number of aliphatic hydroxyl groups is 1. The summed E-state index contributed by atoms with van der Waals surface area (Å²) in [7, 11) is 0. The Morgan fingerprint density at radius 1 is 1.14 bits per heavy atom. The van der Waals surface area contributed by atoms with E-state index in [-0.39, 0.29) is 24.3 Å². The van der Waals surface area contributed by atoms with Crippen LogP contribution < -0.4 is 10.6 Å². The summed E-state index contributed by atoms with van der Waals surface area (Å²) in [6.07, 6.45) is 2.02. The van der Waals surface area contributed by atoms with E-state index in [2.05, 4.69) is 26.7 Å². The van der Waals surface area contributed by atoms with Crippen molar-refractivity contribution in [1.29, 1.82) is 5.26 Å². The lowest BCUT2D eigenvalue weighted by molar-refractivity contribution is -0.187. The lowest BCUT2D eigenvalue weighted by atomic mass is 9.93. The summed E-state index contributed by atoms with van der Waals surface area (Å²) in [6, 6.07) is 2.16. The average Bonchev–Trinajstić information content (AvgIpc) is 2.67. The summed E-state index contributed by atoms with van der Waals surface area (Å²) in [5, 5.41) is 25.6. The van der Waals surface area contributed by atoms with Gasteiger partial charge in [0.15, 0.2) is 0 Å². The number of aliphatic hydroxyl groups excluding tert-OH is 1. The van der Waals surface area contributed by atoms with Gasteiger partial charge in [0.1, 0.15) is 24.1 Å². The zero-order valence-electron chi connectivity index (χ0n) is 16.1. The lowest BCUT2D eigenvalue weighted by Gasteiger charge is -2.30. The molecule has 2 atom stereocenters. The molecule has 3 N–H and O–H groups in total. The van der Waals surface area contributed by atoms with Gasteiger partial charge in [-0.05, 0) is 51.4 Å². The Kier molecular flexibility index (Phi) is 7.14. The fourth-order valence-corrected chi connectivity index (χ4v) is 3.90. The first kappa shape index (κ1) is 21.6. The molecule has 2 aliphatic rings. The van der Waals surface area contributed by atoms with E-state index >= 15 is 0 Å². The number of alkyl halides is 3. The molecule has 1 aromatic heterocycles. The number of anilines is 2. The molecule has 0 spiro atoms. The Bertz CT molecular complexity index is 717. The van der Waals surface area contributed by atoms with Gasteiger partial charge < -0.3 is 20.5 Å². The van der Waals surface area contributed by atoms with Crippen LogP contribution in [0.5, 0.6) is 0 Å². The fourth-order valence-electron chi connectivity index (χ4n) is 3.90. The maximum Gasteiger partial charge on any atom is 0.411 e. The maximum absolute atomic E-state index is 12.3. The normalized spacial score (nSPS) is 27.8. The highest BCUT2D eigenvalue weighted by atomic mass is 19.4. The zero-order valence-corrected chi connectivity index (χ0v) is 16.1. The molecule has 0 bridgehead atoms. The lowest BCUT2D eigenvalue weighted by Crippen LogP contribution is -2.33. The minimum Gasteiger partial charge on any atom is -0.393 e. The molecule has 0 saturated heterocycles. The van der Waals surface area contributed by atoms with Crippen molar-refractivity contribution in [2.75, 3.05) is 17.2 Å². The zero-order chi connectivity index (χ0) is 20.9. The highest BCUT2D eigenvalue weighted by Gasteiger charge is 2.31. The number of nitrogens with zero attached hydrogens (tertiary/aromatic N) is 3. The molecule has 2 saturated carbocycles. The molecule has 10 heteroatoms. The Balaban J connectivity index is 1.54. The van der Waals surface area contributed by atoms with Crippen molar-refractivity contribution < 1.29 is 23.0 Å². The number of rotatable bonds is 6. The molecule has 1 unspecified atom stereocenters. The van der Waals surface area contributed by atoms with Gasteiger partial charge >= 0.3 is 6.18 Å². The van der Waals surface area contributed by atoms with Gasteiger partial charge in [-0.15, -0.1) is 0 Å². The first-order chi connectivity index (χ1) is 13.8. The van der Waals surface area contributed by atoms with Gasteiger partial charge in [0.05, 0.1) is 18.4 Å². The van der Waals surface area contributed by atoms with Crippen LogP contribution in [0.4, 0.5) is 24.9 Å². The summed E-state index contributed by atoms with van der Waals surface area (Å²) in [6.45, 7) is -1.21. The van der Waals surface area contributed by atoms with E-state index in [1.54, 1.807) is 0 Å². The van der Waals surface area contributed by atoms with Crippen molar-refractivity contribution >= 4 is 11.8 Å². The highest BCUT2D eigenvalue weighted by Crippen LogP contribution is 2.27. The first-order valence-electron chi connectivity index (χ1n) is 9.99. The van der Waals surface area contributed by atoms with Crippen LogP contribution in [0.15, 0.2) is 6.20 Å². The standard InChI is InChI=1S/C19H26F3N5O2/c20-19(21,22)11-29-16-6-4-13(5-7-16)26-18-24-10-12(9-23)17(27-18)25-14-2-1-3-15(28)8-14/h10,13-16,28H,1-8,11H2,(H2,24,25,26,27)/t13-,14-,15?,16-/m1/s1. The molecule has 0 aliphatic heterocycles. The van der Waals surface area contributed by atoms with Crippen LogP contribution in [-0.2, 0) is 4.74 Å². The summed E-state index contributed by atoms with van der Waals surface area (Å²) < 4.78 is 41.7. The molecule has 3 rings (SSSR count). The highest BCUT2D eigenvalue weighted by molar-refractivity contribution is 5.54. The number of nitriles is 1. The smallest absolute Gasteiger partial charge is 0.393 e. The monoisotopic (exact) mass is 413 g/mol. The van der Waals surface area contributed by atoms with E-state index in [1.807, 2.05) is 0 Å². The van der Waals surface area contributed by atoms with Gasteiger partial charge in [0.2, 0.25) is 5.95 Å². The van der Waals surface area contributed by atoms with Crippen LogP contribution in [-0.4, -0.2) is 52.1 Å². The van der Waals surface area contributed by atoms with E-state index < -0.39 is 12.8 Å². The Hall–Kier alpha value is -2.12. The van der Waals surface area contributed by atoms with E-state index in [9.17, 15) is 23.5 Å². The molecular formula is C19H26F3N5O2. The molecule has 2 aliphatic carbocycles. The third-order valence-electron chi connectivity index (χ3n) is 5.39. The van der Waals surface area contributed by atoms with Gasteiger partial charge in [0.25, 0.3) is 0 Å². The number of aromatic nitrogens is 2. The van der Waals surface area contributed by atoms with Gasteiger partial charge in [-0.2, -0.15) is 23.4 Å². The molecule has 7 nitrogen and oxygen atoms in total. The van der Waals surface area contributed by atoms with Crippen LogP contribution in [0.3, 0.4) is 0 Å². The summed E-state index contributed by atoms with van der Waals surface area (Å²) in [5.41, 5.74) is 0.333. The first-order valence-corrected chi connectivity index (χ1v) is 9.99. The summed E-state index contributed by atoms with van der Waals surface area (Å²) in [5.74, 6) is 0.814. The molecule has 0 amide bonds. The number of halogens is 3. The summed E-state index contributed by atoms with van der Waals surface area (Å²) >= 11 is 0. The predicted molar refractivity (Wildman–Crippen MR) is 100 cm³/mol. The number of hydrogen-bond acceptors (Lipinski definition) is 7. The van der Waals surface area contributed by atoms with Crippen LogP contribution >= 0.6 is 0 Å². The van der Waals surface area contributed by atoms with E-state index in [1.165, 1.54) is 6.20 Å². The van der Waals surface area contributed by atoms with Gasteiger partial charge in [0, 0.05) is 12.1 Å². The quantitative estimate of drug-likeness (QED) is 0.657. The second-order valence-electron chi connectivity index (χ2n) is 7.77. The SMILES string of the molecule is N#Cc1cnc(N[C@H]2CC[C@H](OCC(F)(F)F)CC2)nc1N[C@@H]1CCCC(O)C1.